The van der Waals surface area contributed by atoms with Gasteiger partial charge in [0.15, 0.2) is 0 Å². The van der Waals surface area contributed by atoms with Gasteiger partial charge in [-0.3, -0.25) is 19.7 Å². The second kappa shape index (κ2) is 8.66. The van der Waals surface area contributed by atoms with Crippen LogP contribution in [0.2, 0.25) is 10.0 Å². The zero-order valence-electron chi connectivity index (χ0n) is 16.2. The fourth-order valence-electron chi connectivity index (χ4n) is 3.83. The summed E-state index contributed by atoms with van der Waals surface area (Å²) < 4.78 is 0. The normalized spacial score (nSPS) is 19.3. The molecule has 30 heavy (non-hydrogen) atoms. The molecule has 0 saturated carbocycles. The van der Waals surface area contributed by atoms with Crippen molar-refractivity contribution in [2.45, 2.75) is 31.2 Å². The maximum absolute atomic E-state index is 12.2. The number of carbonyl (C=O) groups excluding carboxylic acids is 3. The molecule has 0 aromatic heterocycles. The molecule has 2 N–H and O–H groups in total. The van der Waals surface area contributed by atoms with Crippen molar-refractivity contribution in [3.8, 4) is 0 Å². The van der Waals surface area contributed by atoms with E-state index >= 15 is 0 Å². The summed E-state index contributed by atoms with van der Waals surface area (Å²) in [5.41, 5.74) is 2.60. The lowest BCUT2D eigenvalue weighted by Gasteiger charge is -2.41. The number of carbonyl (C=O) groups is 3. The summed E-state index contributed by atoms with van der Waals surface area (Å²) >= 11 is 12.3. The van der Waals surface area contributed by atoms with Crippen LogP contribution in [-0.2, 0) is 20.8 Å². The van der Waals surface area contributed by atoms with E-state index in [-0.39, 0.29) is 23.8 Å². The van der Waals surface area contributed by atoms with Crippen molar-refractivity contribution in [2.75, 3.05) is 18.0 Å². The van der Waals surface area contributed by atoms with Gasteiger partial charge in [0.05, 0.1) is 18.4 Å². The smallest absolute Gasteiger partial charge is 0.234 e. The van der Waals surface area contributed by atoms with Crippen molar-refractivity contribution in [3.05, 3.63) is 63.6 Å². The molecule has 4 rings (SSSR count). The highest BCUT2D eigenvalue weighted by Gasteiger charge is 2.31. The summed E-state index contributed by atoms with van der Waals surface area (Å²) in [5, 5.41) is 6.56. The van der Waals surface area contributed by atoms with E-state index in [9.17, 15) is 14.4 Å². The van der Waals surface area contributed by atoms with Crippen molar-refractivity contribution in [1.82, 2.24) is 10.6 Å². The molecule has 8 heteroatoms. The Balaban J connectivity index is 1.30. The van der Waals surface area contributed by atoms with E-state index in [0.717, 1.165) is 16.8 Å². The molecule has 2 aliphatic heterocycles. The summed E-state index contributed by atoms with van der Waals surface area (Å²) in [7, 11) is 0. The minimum atomic E-state index is -0.402. The standard InChI is InChI=1S/C22H21Cl2N3O3/c23-14-3-1-13(2-4-14)9-21(29)25-15-11-27(12-15)16-5-6-17(19(24)10-16)18-7-8-20(28)26-22(18)30/h1-6,10,15,18H,7-9,11-12H2,(H,25,29)(H,26,28,30). The predicted octanol–water partition coefficient (Wildman–Crippen LogP) is 3.06. The maximum Gasteiger partial charge on any atom is 0.234 e. The second-order valence-corrected chi connectivity index (χ2v) is 8.53. The average molecular weight is 446 g/mol. The van der Waals surface area contributed by atoms with Gasteiger partial charge >= 0.3 is 0 Å². The lowest BCUT2D eigenvalue weighted by atomic mass is 9.90. The topological polar surface area (TPSA) is 78.5 Å². The minimum Gasteiger partial charge on any atom is -0.367 e. The molecule has 0 aliphatic carbocycles. The van der Waals surface area contributed by atoms with Gasteiger partial charge in [-0.15, -0.1) is 0 Å². The lowest BCUT2D eigenvalue weighted by Crippen LogP contribution is -2.59. The molecule has 2 heterocycles. The van der Waals surface area contributed by atoms with E-state index in [1.54, 1.807) is 12.1 Å². The van der Waals surface area contributed by atoms with E-state index < -0.39 is 5.92 Å². The molecule has 0 bridgehead atoms. The third-order valence-electron chi connectivity index (χ3n) is 5.49. The van der Waals surface area contributed by atoms with Crippen LogP contribution in [0, 0.1) is 0 Å². The number of imide groups is 1. The molecule has 1 unspecified atom stereocenters. The quantitative estimate of drug-likeness (QED) is 0.693. The van der Waals surface area contributed by atoms with Crippen molar-refractivity contribution < 1.29 is 14.4 Å². The van der Waals surface area contributed by atoms with Crippen LogP contribution in [0.25, 0.3) is 0 Å². The Morgan fingerprint density at radius 1 is 1.10 bits per heavy atom. The van der Waals surface area contributed by atoms with Crippen LogP contribution in [0.1, 0.15) is 29.9 Å². The molecule has 156 valence electrons. The van der Waals surface area contributed by atoms with E-state index in [1.807, 2.05) is 30.3 Å². The van der Waals surface area contributed by atoms with Gasteiger partial charge in [0.25, 0.3) is 0 Å². The zero-order valence-corrected chi connectivity index (χ0v) is 17.7. The van der Waals surface area contributed by atoms with Crippen LogP contribution in [0.5, 0.6) is 0 Å². The first-order chi connectivity index (χ1) is 14.4. The molecule has 0 radical (unpaired) electrons. The Kier molecular flexibility index (Phi) is 5.97. The first-order valence-electron chi connectivity index (χ1n) is 9.81. The van der Waals surface area contributed by atoms with Crippen LogP contribution < -0.4 is 15.5 Å². The summed E-state index contributed by atoms with van der Waals surface area (Å²) in [4.78, 5) is 37.8. The number of halogens is 2. The third kappa shape index (κ3) is 4.60. The number of piperidine rings is 1. The van der Waals surface area contributed by atoms with Gasteiger partial charge in [-0.25, -0.2) is 0 Å². The molecule has 0 spiro atoms. The van der Waals surface area contributed by atoms with Crippen LogP contribution in [0.3, 0.4) is 0 Å². The predicted molar refractivity (Wildman–Crippen MR) is 116 cm³/mol. The monoisotopic (exact) mass is 445 g/mol. The molecule has 2 fully saturated rings. The van der Waals surface area contributed by atoms with Crippen molar-refractivity contribution in [1.29, 1.82) is 0 Å². The van der Waals surface area contributed by atoms with Gasteiger partial charge in [-0.1, -0.05) is 41.4 Å². The number of nitrogens with zero attached hydrogens (tertiary/aromatic N) is 1. The fourth-order valence-corrected chi connectivity index (χ4v) is 4.27. The first kappa shape index (κ1) is 20.7. The number of anilines is 1. The Labute approximate surface area is 184 Å². The Morgan fingerprint density at radius 2 is 1.83 bits per heavy atom. The van der Waals surface area contributed by atoms with Gasteiger partial charge in [-0.2, -0.15) is 0 Å². The number of hydrogen-bond acceptors (Lipinski definition) is 4. The van der Waals surface area contributed by atoms with Gasteiger partial charge in [-0.05, 0) is 41.8 Å². The highest BCUT2D eigenvalue weighted by molar-refractivity contribution is 6.32. The van der Waals surface area contributed by atoms with Crippen LogP contribution in [-0.4, -0.2) is 36.9 Å². The van der Waals surface area contributed by atoms with E-state index in [2.05, 4.69) is 15.5 Å². The van der Waals surface area contributed by atoms with E-state index in [0.29, 0.717) is 42.4 Å². The van der Waals surface area contributed by atoms with Gasteiger partial charge in [0, 0.05) is 35.2 Å². The minimum absolute atomic E-state index is 0.0202. The first-order valence-corrected chi connectivity index (χ1v) is 10.6. The van der Waals surface area contributed by atoms with Crippen molar-refractivity contribution >= 4 is 46.6 Å². The summed E-state index contributed by atoms with van der Waals surface area (Å²) in [6.07, 6.45) is 1.10. The highest BCUT2D eigenvalue weighted by atomic mass is 35.5. The Bertz CT molecular complexity index is 988. The SMILES string of the molecule is O=C1CCC(c2ccc(N3CC(NC(=O)Cc4ccc(Cl)cc4)C3)cc2Cl)C(=O)N1. The number of rotatable bonds is 5. The molecule has 6 nitrogen and oxygen atoms in total. The number of benzene rings is 2. The molecule has 1 atom stereocenters. The molecule has 2 saturated heterocycles. The summed E-state index contributed by atoms with van der Waals surface area (Å²) in [5.74, 6) is -0.962. The number of hydrogen-bond donors (Lipinski definition) is 2. The maximum atomic E-state index is 12.2. The zero-order chi connectivity index (χ0) is 21.3. The van der Waals surface area contributed by atoms with Gasteiger partial charge in [0.1, 0.15) is 0 Å². The van der Waals surface area contributed by atoms with Crippen molar-refractivity contribution in [3.63, 3.8) is 0 Å². The molecular weight excluding hydrogens is 425 g/mol. The lowest BCUT2D eigenvalue weighted by molar-refractivity contribution is -0.134. The molecule has 2 aromatic rings. The largest absolute Gasteiger partial charge is 0.367 e. The summed E-state index contributed by atoms with van der Waals surface area (Å²) in [6, 6.07) is 12.9. The Morgan fingerprint density at radius 3 is 2.50 bits per heavy atom. The molecular formula is C22H21Cl2N3O3. The van der Waals surface area contributed by atoms with E-state index in [1.165, 1.54) is 0 Å². The Hall–Kier alpha value is -2.57. The van der Waals surface area contributed by atoms with Crippen LogP contribution >= 0.6 is 23.2 Å². The second-order valence-electron chi connectivity index (χ2n) is 7.68. The molecule has 2 aliphatic rings. The number of nitrogens with one attached hydrogen (secondary N) is 2. The molecule has 2 aromatic carbocycles. The molecule has 3 amide bonds. The van der Waals surface area contributed by atoms with E-state index in [4.69, 9.17) is 23.2 Å². The summed E-state index contributed by atoms with van der Waals surface area (Å²) in [6.45, 7) is 1.39. The average Bonchev–Trinajstić information content (AvgIpc) is 2.67. The van der Waals surface area contributed by atoms with Crippen LogP contribution in [0.15, 0.2) is 42.5 Å². The van der Waals surface area contributed by atoms with Crippen molar-refractivity contribution in [2.24, 2.45) is 0 Å². The highest BCUT2D eigenvalue weighted by Crippen LogP contribution is 2.34. The van der Waals surface area contributed by atoms with Crippen LogP contribution in [0.4, 0.5) is 5.69 Å². The van der Waals surface area contributed by atoms with Gasteiger partial charge in [0.2, 0.25) is 17.7 Å². The van der Waals surface area contributed by atoms with Gasteiger partial charge < -0.3 is 10.2 Å². The fraction of sp³-hybridized carbons (Fsp3) is 0.318. The number of amides is 3. The third-order valence-corrected chi connectivity index (χ3v) is 6.07.